The number of methoxy groups -OCH3 is 1. The molecule has 0 unspecified atom stereocenters. The number of hydrogen-bond donors (Lipinski definition) is 2. The molecular formula is C27H22F3N3O5S. The van der Waals surface area contributed by atoms with E-state index in [-0.39, 0.29) is 27.9 Å². The van der Waals surface area contributed by atoms with Crippen molar-refractivity contribution in [1.82, 2.24) is 4.98 Å². The number of halogens is 3. The molecule has 3 aromatic carbocycles. The zero-order chi connectivity index (χ0) is 28.4. The SMILES string of the molecule is C=C(C)c1cc(OC)c(S(=O)(=O)Nc2ccc(C(F)(F)F)cc2)cc1NC(=O)c1ncc(-c2ccccc2)o1. The second kappa shape index (κ2) is 10.7. The number of allylic oxidation sites excluding steroid dienone is 1. The Kier molecular flexibility index (Phi) is 7.50. The van der Waals surface area contributed by atoms with Crippen molar-refractivity contribution >= 4 is 32.9 Å². The highest BCUT2D eigenvalue weighted by Crippen LogP contribution is 2.36. The molecule has 0 spiro atoms. The Labute approximate surface area is 222 Å². The van der Waals surface area contributed by atoms with Gasteiger partial charge in [-0.05, 0) is 48.9 Å². The van der Waals surface area contributed by atoms with Crippen LogP contribution in [0.4, 0.5) is 24.5 Å². The number of carbonyl (C=O) groups is 1. The van der Waals surface area contributed by atoms with Crippen molar-refractivity contribution in [3.05, 3.63) is 96.5 Å². The van der Waals surface area contributed by atoms with Crippen molar-refractivity contribution in [3.63, 3.8) is 0 Å². The number of ether oxygens (including phenoxy) is 1. The molecule has 0 fully saturated rings. The highest BCUT2D eigenvalue weighted by atomic mass is 32.2. The zero-order valence-electron chi connectivity index (χ0n) is 20.7. The van der Waals surface area contributed by atoms with Crippen LogP contribution in [0.1, 0.15) is 28.7 Å². The number of nitrogens with zero attached hydrogens (tertiary/aromatic N) is 1. The van der Waals surface area contributed by atoms with Crippen LogP contribution in [0.2, 0.25) is 0 Å². The molecule has 0 bridgehead atoms. The Morgan fingerprint density at radius 3 is 2.31 bits per heavy atom. The molecule has 0 saturated heterocycles. The lowest BCUT2D eigenvalue weighted by molar-refractivity contribution is -0.137. The summed E-state index contributed by atoms with van der Waals surface area (Å²) in [5.41, 5.74) is 0.609. The molecule has 12 heteroatoms. The second-order valence-electron chi connectivity index (χ2n) is 8.36. The van der Waals surface area contributed by atoms with Crippen LogP contribution in [0.25, 0.3) is 16.9 Å². The number of aromatic nitrogens is 1. The normalized spacial score (nSPS) is 11.6. The van der Waals surface area contributed by atoms with E-state index in [1.54, 1.807) is 31.2 Å². The number of rotatable bonds is 8. The summed E-state index contributed by atoms with van der Waals surface area (Å²) < 4.78 is 78.2. The zero-order valence-corrected chi connectivity index (χ0v) is 21.5. The minimum absolute atomic E-state index is 0.0700. The third-order valence-electron chi connectivity index (χ3n) is 5.52. The molecule has 0 aliphatic rings. The van der Waals surface area contributed by atoms with Gasteiger partial charge in [0.2, 0.25) is 0 Å². The number of benzene rings is 3. The Morgan fingerprint density at radius 2 is 1.72 bits per heavy atom. The second-order valence-corrected chi connectivity index (χ2v) is 10.0. The molecule has 0 atom stereocenters. The van der Waals surface area contributed by atoms with Gasteiger partial charge in [-0.2, -0.15) is 13.2 Å². The highest BCUT2D eigenvalue weighted by molar-refractivity contribution is 7.92. The van der Waals surface area contributed by atoms with Crippen LogP contribution in [0, 0.1) is 0 Å². The predicted octanol–water partition coefficient (Wildman–Crippen LogP) is 6.46. The molecule has 202 valence electrons. The van der Waals surface area contributed by atoms with Gasteiger partial charge in [0.05, 0.1) is 24.6 Å². The third-order valence-corrected chi connectivity index (χ3v) is 6.93. The molecule has 0 saturated carbocycles. The molecule has 1 aromatic heterocycles. The molecule has 4 aromatic rings. The van der Waals surface area contributed by atoms with Crippen molar-refractivity contribution in [2.75, 3.05) is 17.1 Å². The van der Waals surface area contributed by atoms with E-state index in [1.807, 2.05) is 6.07 Å². The van der Waals surface area contributed by atoms with E-state index < -0.39 is 27.7 Å². The fourth-order valence-corrected chi connectivity index (χ4v) is 4.85. The topological polar surface area (TPSA) is 111 Å². The van der Waals surface area contributed by atoms with Crippen molar-refractivity contribution in [2.45, 2.75) is 18.0 Å². The van der Waals surface area contributed by atoms with Gasteiger partial charge >= 0.3 is 12.1 Å². The van der Waals surface area contributed by atoms with Gasteiger partial charge in [0, 0.05) is 16.8 Å². The average molecular weight is 558 g/mol. The maximum absolute atomic E-state index is 13.2. The predicted molar refractivity (Wildman–Crippen MR) is 140 cm³/mol. The lowest BCUT2D eigenvalue weighted by Gasteiger charge is -2.17. The molecule has 8 nitrogen and oxygen atoms in total. The van der Waals surface area contributed by atoms with Crippen molar-refractivity contribution in [1.29, 1.82) is 0 Å². The Morgan fingerprint density at radius 1 is 1.05 bits per heavy atom. The molecule has 0 radical (unpaired) electrons. The third kappa shape index (κ3) is 6.12. The number of sulfonamides is 1. The molecule has 39 heavy (non-hydrogen) atoms. The minimum Gasteiger partial charge on any atom is -0.495 e. The van der Waals surface area contributed by atoms with Crippen LogP contribution in [0.3, 0.4) is 0 Å². The van der Waals surface area contributed by atoms with Crippen LogP contribution in [0.5, 0.6) is 5.75 Å². The molecule has 0 aliphatic carbocycles. The van der Waals surface area contributed by atoms with Crippen LogP contribution in [-0.2, 0) is 16.2 Å². The first-order valence-corrected chi connectivity index (χ1v) is 12.8. The minimum atomic E-state index is -4.57. The van der Waals surface area contributed by atoms with E-state index in [0.29, 0.717) is 22.5 Å². The van der Waals surface area contributed by atoms with Crippen LogP contribution in [-0.4, -0.2) is 26.4 Å². The monoisotopic (exact) mass is 557 g/mol. The van der Waals surface area contributed by atoms with E-state index in [9.17, 15) is 26.4 Å². The summed E-state index contributed by atoms with van der Waals surface area (Å²) in [4.78, 5) is 16.6. The van der Waals surface area contributed by atoms with Gasteiger partial charge < -0.3 is 14.5 Å². The van der Waals surface area contributed by atoms with Crippen LogP contribution in [0.15, 0.2) is 88.8 Å². The first-order chi connectivity index (χ1) is 18.4. The largest absolute Gasteiger partial charge is 0.495 e. The van der Waals surface area contributed by atoms with Gasteiger partial charge in [-0.3, -0.25) is 9.52 Å². The summed E-state index contributed by atoms with van der Waals surface area (Å²) in [6, 6.07) is 15.0. The lowest BCUT2D eigenvalue weighted by Crippen LogP contribution is -2.17. The van der Waals surface area contributed by atoms with Gasteiger partial charge in [-0.15, -0.1) is 0 Å². The number of amides is 1. The average Bonchev–Trinajstić information content (AvgIpc) is 3.39. The van der Waals surface area contributed by atoms with Crippen molar-refractivity contribution in [3.8, 4) is 17.1 Å². The van der Waals surface area contributed by atoms with Crippen molar-refractivity contribution in [2.24, 2.45) is 0 Å². The Balaban J connectivity index is 1.67. The maximum atomic E-state index is 13.2. The lowest BCUT2D eigenvalue weighted by atomic mass is 10.1. The number of oxazole rings is 1. The maximum Gasteiger partial charge on any atom is 0.416 e. The highest BCUT2D eigenvalue weighted by Gasteiger charge is 2.30. The number of hydrogen-bond acceptors (Lipinski definition) is 6. The summed E-state index contributed by atoms with van der Waals surface area (Å²) in [7, 11) is -3.12. The molecule has 4 rings (SSSR count). The van der Waals surface area contributed by atoms with Crippen LogP contribution < -0.4 is 14.8 Å². The first-order valence-electron chi connectivity index (χ1n) is 11.3. The van der Waals surface area contributed by atoms with Gasteiger partial charge in [-0.1, -0.05) is 36.9 Å². The quantitative estimate of drug-likeness (QED) is 0.257. The summed E-state index contributed by atoms with van der Waals surface area (Å²) >= 11 is 0. The Bertz CT molecular complexity index is 1630. The van der Waals surface area contributed by atoms with Gasteiger partial charge in [0.15, 0.2) is 5.76 Å². The summed E-state index contributed by atoms with van der Waals surface area (Å²) in [5.74, 6) is -0.721. The van der Waals surface area contributed by atoms with Crippen molar-refractivity contribution < 1.29 is 35.5 Å². The molecule has 0 aliphatic heterocycles. The van der Waals surface area contributed by atoms with E-state index in [4.69, 9.17) is 9.15 Å². The fraction of sp³-hybridized carbons (Fsp3) is 0.111. The number of alkyl halides is 3. The molecule has 2 N–H and O–H groups in total. The van der Waals surface area contributed by atoms with Gasteiger partial charge in [0.25, 0.3) is 15.9 Å². The number of carbonyl (C=O) groups excluding carboxylic acids is 1. The molecule has 1 amide bonds. The summed E-state index contributed by atoms with van der Waals surface area (Å²) in [5, 5.41) is 2.60. The van der Waals surface area contributed by atoms with Crippen LogP contribution >= 0.6 is 0 Å². The smallest absolute Gasteiger partial charge is 0.416 e. The number of anilines is 2. The molecule has 1 heterocycles. The van der Waals surface area contributed by atoms with E-state index in [1.165, 1.54) is 19.4 Å². The fourth-order valence-electron chi connectivity index (χ4n) is 3.61. The Hall–Kier alpha value is -4.58. The van der Waals surface area contributed by atoms with E-state index >= 15 is 0 Å². The summed E-state index contributed by atoms with van der Waals surface area (Å²) in [6.45, 7) is 5.52. The summed E-state index contributed by atoms with van der Waals surface area (Å²) in [6.07, 6.45) is -3.18. The standard InChI is InChI=1S/C27H22F3N3O5S/c1-16(2)20-13-22(37-3)24(39(35,36)33-19-11-9-18(10-12-19)27(28,29)30)14-21(20)32-25(34)26-31-15-23(38-26)17-7-5-4-6-8-17/h4-15,33H,1H2,2-3H3,(H,32,34). The molecular weight excluding hydrogens is 535 g/mol. The van der Waals surface area contributed by atoms with E-state index in [2.05, 4.69) is 21.6 Å². The van der Waals surface area contributed by atoms with Gasteiger partial charge in [0.1, 0.15) is 10.6 Å². The van der Waals surface area contributed by atoms with Gasteiger partial charge in [-0.25, -0.2) is 13.4 Å². The van der Waals surface area contributed by atoms with E-state index in [0.717, 1.165) is 30.3 Å². The number of nitrogens with one attached hydrogen (secondary N) is 2. The first kappa shape index (κ1) is 27.5.